The van der Waals surface area contributed by atoms with E-state index in [4.69, 9.17) is 26.2 Å². The molecule has 2 N–H and O–H groups in total. The zero-order valence-electron chi connectivity index (χ0n) is 34.2. The Labute approximate surface area is 364 Å². The van der Waals surface area contributed by atoms with Crippen molar-refractivity contribution < 1.29 is 82.0 Å². The molecule has 0 fully saturated rings. The highest BCUT2D eigenvalue weighted by Crippen LogP contribution is 2.32. The van der Waals surface area contributed by atoms with Crippen LogP contribution in [0.5, 0.6) is 23.0 Å². The van der Waals surface area contributed by atoms with Crippen LogP contribution >= 0.6 is 11.6 Å². The van der Waals surface area contributed by atoms with Crippen molar-refractivity contribution in [3.05, 3.63) is 118 Å². The van der Waals surface area contributed by atoms with Gasteiger partial charge in [0.2, 0.25) is 10.0 Å². The summed E-state index contributed by atoms with van der Waals surface area (Å²) in [6, 6.07) is 13.4. The average molecular weight is 946 g/mol. The molecule has 63 heavy (non-hydrogen) atoms. The summed E-state index contributed by atoms with van der Waals surface area (Å²) in [4.78, 5) is 43.4. The summed E-state index contributed by atoms with van der Waals surface area (Å²) in [7, 11) is -5.44. The van der Waals surface area contributed by atoms with E-state index in [1.165, 1.54) is 64.5 Å². The van der Waals surface area contributed by atoms with Crippen LogP contribution in [0, 0.1) is 23.3 Å². The highest BCUT2D eigenvalue weighted by molar-refractivity contribution is 7.92. The van der Waals surface area contributed by atoms with Crippen LogP contribution < -0.4 is 14.6 Å². The number of methoxy groups -OCH3 is 2. The van der Waals surface area contributed by atoms with E-state index in [0.717, 1.165) is 48.5 Å². The lowest BCUT2D eigenvalue weighted by Crippen LogP contribution is -2.18. The number of hydrogen-bond donors (Lipinski definition) is 1. The number of carbonyl (C=O) groups is 4. The standard InChI is InChI=1S/C21H20F2O7S.C17H15F2NO5S.C3H5ClO2/c1-4-29-19(24)12-31(26,27)16-7-5-15(6-8-16)30-20-17(22)10-14(11-18(20)23)9-13(2)21(25)28-3;1-10(17(21)24-2)7-11-8-14(18)16(15(19)9-11)25-12-3-5-13(6-4-12)26(20,22)23;1-2-6-3(4)5/h5-11H,4,12H2,1-3H3;3-9H,1-2H3,(H2,20,22,23);2H2,1H3/b13-9+;10-7+;. The molecule has 0 saturated heterocycles. The molecule has 4 rings (SSSR count). The molecule has 0 radical (unpaired) electrons. The quantitative estimate of drug-likeness (QED) is 0.0416. The molecule has 0 aliphatic rings. The van der Waals surface area contributed by atoms with Crippen molar-refractivity contribution in [2.24, 2.45) is 5.14 Å². The molecule has 0 saturated carbocycles. The summed E-state index contributed by atoms with van der Waals surface area (Å²) < 4.78 is 132. The highest BCUT2D eigenvalue weighted by Gasteiger charge is 2.21. The lowest BCUT2D eigenvalue weighted by molar-refractivity contribution is -0.140. The molecule has 0 atom stereocenters. The number of ether oxygens (including phenoxy) is 6. The van der Waals surface area contributed by atoms with E-state index in [2.05, 4.69) is 18.9 Å². The number of primary sulfonamides is 1. The summed E-state index contributed by atoms with van der Waals surface area (Å²) in [5.41, 5.74) is -0.226. The highest BCUT2D eigenvalue weighted by atomic mass is 35.5. The first-order chi connectivity index (χ1) is 29.4. The molecule has 0 aliphatic heterocycles. The number of nitrogens with two attached hydrogens (primary N) is 1. The number of carbonyl (C=O) groups excluding carboxylic acids is 4. The Kier molecular flexibility index (Phi) is 20.4. The Balaban J connectivity index is 0.000000388. The van der Waals surface area contributed by atoms with E-state index in [0.29, 0.717) is 6.61 Å². The van der Waals surface area contributed by atoms with E-state index in [1.807, 2.05) is 0 Å². The number of benzene rings is 4. The van der Waals surface area contributed by atoms with Gasteiger partial charge in [-0.3, -0.25) is 4.79 Å². The first-order valence-corrected chi connectivity index (χ1v) is 21.3. The monoisotopic (exact) mass is 945 g/mol. The number of esters is 3. The third-order valence-corrected chi connectivity index (χ3v) is 10.1. The third-order valence-electron chi connectivity index (χ3n) is 7.47. The second-order valence-corrected chi connectivity index (χ2v) is 16.1. The molecule has 0 aromatic heterocycles. The molecular formula is C41H40ClF4NO14S2. The van der Waals surface area contributed by atoms with Gasteiger partial charge in [-0.05, 0) is 124 Å². The fraction of sp³-hybridized carbons (Fsp3) is 0.220. The van der Waals surface area contributed by atoms with Crippen molar-refractivity contribution in [1.29, 1.82) is 0 Å². The van der Waals surface area contributed by atoms with Gasteiger partial charge in [0.05, 0.1) is 37.2 Å². The van der Waals surface area contributed by atoms with Crippen LogP contribution in [0.3, 0.4) is 0 Å². The van der Waals surface area contributed by atoms with E-state index < -0.39 is 83.7 Å². The lowest BCUT2D eigenvalue weighted by Gasteiger charge is -2.10. The first-order valence-electron chi connectivity index (χ1n) is 17.8. The maximum absolute atomic E-state index is 14.4. The second-order valence-electron chi connectivity index (χ2n) is 12.2. The van der Waals surface area contributed by atoms with Crippen LogP contribution in [0.1, 0.15) is 38.8 Å². The SMILES string of the molecule is CCOC(=O)CS(=O)(=O)c1ccc(Oc2c(F)cc(/C=C(\C)C(=O)OC)cc2F)cc1.CCOC(=O)Cl.COC(=O)/C(C)=C/c1cc(F)c(Oc2ccc(S(N)(=O)=O)cc2)c(F)c1. The van der Waals surface area contributed by atoms with E-state index in [1.54, 1.807) is 13.8 Å². The minimum absolute atomic E-state index is 0.0178. The predicted octanol–water partition coefficient (Wildman–Crippen LogP) is 8.03. The van der Waals surface area contributed by atoms with Gasteiger partial charge in [-0.15, -0.1) is 0 Å². The zero-order chi connectivity index (χ0) is 47.7. The summed E-state index contributed by atoms with van der Waals surface area (Å²) in [5, 5.41) is 4.97. The van der Waals surface area contributed by atoms with Crippen LogP contribution in [0.4, 0.5) is 22.4 Å². The lowest BCUT2D eigenvalue weighted by atomic mass is 10.1. The van der Waals surface area contributed by atoms with Crippen molar-refractivity contribution in [1.82, 2.24) is 0 Å². The third kappa shape index (κ3) is 17.2. The molecule has 15 nitrogen and oxygen atoms in total. The van der Waals surface area contributed by atoms with Crippen molar-refractivity contribution in [2.75, 3.05) is 33.2 Å². The van der Waals surface area contributed by atoms with Crippen LogP contribution in [0.2, 0.25) is 0 Å². The fourth-order valence-corrected chi connectivity index (χ4v) is 6.40. The Morgan fingerprint density at radius 3 is 1.25 bits per heavy atom. The molecule has 0 heterocycles. The molecule has 0 bridgehead atoms. The van der Waals surface area contributed by atoms with Crippen LogP contribution in [0.15, 0.2) is 93.7 Å². The molecule has 0 unspecified atom stereocenters. The fourth-order valence-electron chi connectivity index (χ4n) is 4.66. The molecule has 0 spiro atoms. The Morgan fingerprint density at radius 2 is 0.968 bits per heavy atom. The van der Waals surface area contributed by atoms with Gasteiger partial charge >= 0.3 is 23.3 Å². The Morgan fingerprint density at radius 1 is 0.619 bits per heavy atom. The van der Waals surface area contributed by atoms with E-state index in [-0.39, 0.29) is 50.2 Å². The van der Waals surface area contributed by atoms with Crippen molar-refractivity contribution in [3.63, 3.8) is 0 Å². The largest absolute Gasteiger partial charge is 0.466 e. The van der Waals surface area contributed by atoms with E-state index >= 15 is 0 Å². The van der Waals surface area contributed by atoms with Gasteiger partial charge in [-0.2, -0.15) is 0 Å². The van der Waals surface area contributed by atoms with Gasteiger partial charge < -0.3 is 28.4 Å². The number of hydrogen-bond acceptors (Lipinski definition) is 14. The molecular weight excluding hydrogens is 906 g/mol. The predicted molar refractivity (Wildman–Crippen MR) is 220 cm³/mol. The minimum atomic E-state index is -3.94. The number of rotatable bonds is 14. The average Bonchev–Trinajstić information content (AvgIpc) is 3.20. The Bertz CT molecular complexity index is 2520. The first kappa shape index (κ1) is 52.8. The topological polar surface area (TPSA) is 218 Å². The van der Waals surface area contributed by atoms with Crippen LogP contribution in [-0.4, -0.2) is 73.4 Å². The summed E-state index contributed by atoms with van der Waals surface area (Å²) in [6.07, 6.45) is 2.52. The smallest absolute Gasteiger partial charge is 0.403 e. The number of sulfone groups is 1. The summed E-state index contributed by atoms with van der Waals surface area (Å²) in [6.45, 7) is 6.53. The van der Waals surface area contributed by atoms with Gasteiger partial charge in [0.15, 0.2) is 50.4 Å². The second kappa shape index (κ2) is 24.4. The molecule has 4 aromatic rings. The minimum Gasteiger partial charge on any atom is -0.466 e. The van der Waals surface area contributed by atoms with E-state index in [9.17, 15) is 53.6 Å². The summed E-state index contributed by atoms with van der Waals surface area (Å²) in [5.74, 6) is -8.39. The van der Waals surface area contributed by atoms with Gasteiger partial charge in [0, 0.05) is 22.7 Å². The van der Waals surface area contributed by atoms with Crippen LogP contribution in [0.25, 0.3) is 12.2 Å². The molecule has 0 aliphatic carbocycles. The normalized spacial score (nSPS) is 11.4. The van der Waals surface area contributed by atoms with Gasteiger partial charge in [-0.25, -0.2) is 53.9 Å². The molecule has 340 valence electrons. The maximum atomic E-state index is 14.4. The van der Waals surface area contributed by atoms with Crippen LogP contribution in [-0.2, 0) is 53.2 Å². The summed E-state index contributed by atoms with van der Waals surface area (Å²) >= 11 is 4.72. The van der Waals surface area contributed by atoms with Gasteiger partial charge in [0.1, 0.15) is 11.5 Å². The Hall–Kier alpha value is -6.29. The van der Waals surface area contributed by atoms with Crippen molar-refractivity contribution >= 4 is 66.9 Å². The van der Waals surface area contributed by atoms with Gasteiger partial charge in [0.25, 0.3) is 0 Å². The molecule has 22 heteroatoms. The van der Waals surface area contributed by atoms with Crippen molar-refractivity contribution in [3.8, 4) is 23.0 Å². The zero-order valence-corrected chi connectivity index (χ0v) is 36.6. The van der Waals surface area contributed by atoms with Gasteiger partial charge in [-0.1, -0.05) is 0 Å². The van der Waals surface area contributed by atoms with Crippen molar-refractivity contribution in [2.45, 2.75) is 37.5 Å². The molecule has 0 amide bonds. The maximum Gasteiger partial charge on any atom is 0.403 e. The molecule has 4 aromatic carbocycles. The number of halogens is 5. The number of sulfonamides is 1.